The van der Waals surface area contributed by atoms with Crippen molar-refractivity contribution in [1.29, 1.82) is 0 Å². The van der Waals surface area contributed by atoms with E-state index in [-0.39, 0.29) is 0 Å². The number of rotatable bonds is 7. The molecule has 1 N–H and O–H groups in total. The van der Waals surface area contributed by atoms with E-state index < -0.39 is 0 Å². The molecule has 102 valence electrons. The molecule has 0 saturated carbocycles. The van der Waals surface area contributed by atoms with Gasteiger partial charge in [0.05, 0.1) is 0 Å². The number of hydrogen-bond donors (Lipinski definition) is 1. The lowest BCUT2D eigenvalue weighted by Gasteiger charge is -2.27. The maximum Gasteiger partial charge on any atom is 0.0329 e. The van der Waals surface area contributed by atoms with Crippen LogP contribution in [0.15, 0.2) is 24.3 Å². The van der Waals surface area contributed by atoms with Crippen LogP contribution in [-0.4, -0.2) is 31.1 Å². The average Bonchev–Trinajstić information content (AvgIpc) is 2.36. The molecule has 0 amide bonds. The smallest absolute Gasteiger partial charge is 0.0329 e. The summed E-state index contributed by atoms with van der Waals surface area (Å²) >= 11 is 0. The summed E-state index contributed by atoms with van der Waals surface area (Å²) in [5, 5.41) is 3.43. The molecule has 1 atom stereocenters. The number of nitrogens with one attached hydrogen (secondary N) is 1. The Kier molecular flexibility index (Phi) is 6.37. The third kappa shape index (κ3) is 4.43. The number of benzene rings is 1. The molecule has 18 heavy (non-hydrogen) atoms. The molecule has 0 bridgehead atoms. The Bertz CT molecular complexity index is 329. The van der Waals surface area contributed by atoms with Crippen LogP contribution in [0.25, 0.3) is 0 Å². The first-order valence-corrected chi connectivity index (χ1v) is 7.06. The van der Waals surface area contributed by atoms with Crippen molar-refractivity contribution in [3.63, 3.8) is 0 Å². The second kappa shape index (κ2) is 7.55. The van der Waals surface area contributed by atoms with Gasteiger partial charge in [-0.25, -0.2) is 0 Å². The van der Waals surface area contributed by atoms with Crippen LogP contribution in [0.4, 0.5) is 0 Å². The van der Waals surface area contributed by atoms with Crippen molar-refractivity contribution < 1.29 is 0 Å². The minimum Gasteiger partial charge on any atom is -0.313 e. The predicted molar refractivity (Wildman–Crippen MR) is 80.0 cm³/mol. The van der Waals surface area contributed by atoms with Crippen molar-refractivity contribution in [3.8, 4) is 0 Å². The zero-order valence-electron chi connectivity index (χ0n) is 12.5. The summed E-state index contributed by atoms with van der Waals surface area (Å²) in [6.45, 7) is 11.2. The maximum absolute atomic E-state index is 3.43. The molecule has 2 heteroatoms. The quantitative estimate of drug-likeness (QED) is 0.796. The van der Waals surface area contributed by atoms with E-state index in [1.807, 2.05) is 0 Å². The first-order chi connectivity index (χ1) is 8.58. The molecule has 1 aromatic rings. The predicted octanol–water partition coefficient (Wildman–Crippen LogP) is 3.38. The Labute approximate surface area is 112 Å². The van der Waals surface area contributed by atoms with Gasteiger partial charge in [0.25, 0.3) is 0 Å². The lowest BCUT2D eigenvalue weighted by molar-refractivity contribution is 0.221. The van der Waals surface area contributed by atoms with Gasteiger partial charge in [-0.1, -0.05) is 36.8 Å². The Morgan fingerprint density at radius 2 is 1.78 bits per heavy atom. The Hall–Kier alpha value is -0.860. The highest BCUT2D eigenvalue weighted by atomic mass is 15.1. The Morgan fingerprint density at radius 1 is 1.17 bits per heavy atom. The largest absolute Gasteiger partial charge is 0.313 e. The molecule has 0 spiro atoms. The van der Waals surface area contributed by atoms with Crippen molar-refractivity contribution in [3.05, 3.63) is 35.4 Å². The van der Waals surface area contributed by atoms with Crippen molar-refractivity contribution in [1.82, 2.24) is 10.2 Å². The van der Waals surface area contributed by atoms with Crippen LogP contribution in [0.1, 0.15) is 44.4 Å². The molecule has 0 aliphatic carbocycles. The fraction of sp³-hybridized carbons (Fsp3) is 0.625. The summed E-state index contributed by atoms with van der Waals surface area (Å²) in [7, 11) is 2.05. The van der Waals surface area contributed by atoms with E-state index in [1.54, 1.807) is 0 Å². The van der Waals surface area contributed by atoms with E-state index in [4.69, 9.17) is 0 Å². The molecule has 0 radical (unpaired) electrons. The highest BCUT2D eigenvalue weighted by Crippen LogP contribution is 2.18. The van der Waals surface area contributed by atoms with Crippen LogP contribution in [0, 0.1) is 6.92 Å². The van der Waals surface area contributed by atoms with E-state index in [2.05, 4.69) is 69.2 Å². The average molecular weight is 248 g/mol. The summed E-state index contributed by atoms with van der Waals surface area (Å²) in [6, 6.07) is 9.95. The van der Waals surface area contributed by atoms with Gasteiger partial charge in [-0.3, -0.25) is 0 Å². The second-order valence-corrected chi connectivity index (χ2v) is 5.26. The van der Waals surface area contributed by atoms with E-state index >= 15 is 0 Å². The van der Waals surface area contributed by atoms with Crippen LogP contribution in [0.5, 0.6) is 0 Å². The van der Waals surface area contributed by atoms with Crippen molar-refractivity contribution in [2.24, 2.45) is 0 Å². The summed E-state index contributed by atoms with van der Waals surface area (Å²) in [5.74, 6) is 0. The van der Waals surface area contributed by atoms with Gasteiger partial charge in [0, 0.05) is 18.6 Å². The molecular formula is C16H28N2. The summed E-state index contributed by atoms with van der Waals surface area (Å²) in [4.78, 5) is 2.51. The molecule has 0 saturated heterocycles. The Balaban J connectivity index is 2.59. The Morgan fingerprint density at radius 3 is 2.22 bits per heavy atom. The number of hydrogen-bond acceptors (Lipinski definition) is 2. The molecule has 0 aliphatic rings. The summed E-state index contributed by atoms with van der Waals surface area (Å²) < 4.78 is 0. The molecule has 0 fully saturated rings. The van der Waals surface area contributed by atoms with Crippen molar-refractivity contribution >= 4 is 0 Å². The van der Waals surface area contributed by atoms with Gasteiger partial charge in [0.15, 0.2) is 0 Å². The number of aryl methyl sites for hydroxylation is 1. The lowest BCUT2D eigenvalue weighted by Crippen LogP contribution is -2.33. The monoisotopic (exact) mass is 248 g/mol. The molecule has 1 aromatic carbocycles. The van der Waals surface area contributed by atoms with Crippen LogP contribution >= 0.6 is 0 Å². The van der Waals surface area contributed by atoms with Crippen LogP contribution in [0.3, 0.4) is 0 Å². The number of nitrogens with zero attached hydrogens (tertiary/aromatic N) is 1. The summed E-state index contributed by atoms with van der Waals surface area (Å²) in [6.07, 6.45) is 1.16. The van der Waals surface area contributed by atoms with E-state index in [0.717, 1.165) is 19.5 Å². The highest BCUT2D eigenvalue weighted by molar-refractivity contribution is 5.24. The molecule has 0 aromatic heterocycles. The molecule has 2 nitrogen and oxygen atoms in total. The van der Waals surface area contributed by atoms with Gasteiger partial charge >= 0.3 is 0 Å². The van der Waals surface area contributed by atoms with Gasteiger partial charge in [-0.2, -0.15) is 0 Å². The SMILES string of the molecule is CCN(CCC(NC)c1ccc(C)cc1)C(C)C. The first-order valence-electron chi connectivity index (χ1n) is 7.06. The van der Waals surface area contributed by atoms with Crippen LogP contribution < -0.4 is 5.32 Å². The normalized spacial score (nSPS) is 13.3. The van der Waals surface area contributed by atoms with Gasteiger partial charge in [-0.05, 0) is 46.3 Å². The molecular weight excluding hydrogens is 220 g/mol. The van der Waals surface area contributed by atoms with E-state index in [0.29, 0.717) is 12.1 Å². The second-order valence-electron chi connectivity index (χ2n) is 5.26. The van der Waals surface area contributed by atoms with Crippen LogP contribution in [-0.2, 0) is 0 Å². The zero-order chi connectivity index (χ0) is 13.5. The van der Waals surface area contributed by atoms with Gasteiger partial charge in [0.1, 0.15) is 0 Å². The standard InChI is InChI=1S/C16H28N2/c1-6-18(13(2)3)12-11-16(17-5)15-9-7-14(4)8-10-15/h7-10,13,16-17H,6,11-12H2,1-5H3. The van der Waals surface area contributed by atoms with Gasteiger partial charge in [-0.15, -0.1) is 0 Å². The highest BCUT2D eigenvalue weighted by Gasteiger charge is 2.12. The van der Waals surface area contributed by atoms with Gasteiger partial charge in [0.2, 0.25) is 0 Å². The molecule has 0 aliphatic heterocycles. The minimum atomic E-state index is 0.457. The zero-order valence-corrected chi connectivity index (χ0v) is 12.5. The van der Waals surface area contributed by atoms with Crippen molar-refractivity contribution in [2.45, 2.75) is 46.2 Å². The van der Waals surface area contributed by atoms with E-state index in [1.165, 1.54) is 11.1 Å². The molecule has 0 heterocycles. The lowest BCUT2D eigenvalue weighted by atomic mass is 10.0. The maximum atomic E-state index is 3.43. The van der Waals surface area contributed by atoms with Crippen LogP contribution in [0.2, 0.25) is 0 Å². The third-order valence-corrected chi connectivity index (χ3v) is 3.67. The van der Waals surface area contributed by atoms with Crippen molar-refractivity contribution in [2.75, 3.05) is 20.1 Å². The minimum absolute atomic E-state index is 0.457. The summed E-state index contributed by atoms with van der Waals surface area (Å²) in [5.41, 5.74) is 2.72. The first kappa shape index (κ1) is 15.2. The molecule has 1 rings (SSSR count). The fourth-order valence-electron chi connectivity index (χ4n) is 2.35. The third-order valence-electron chi connectivity index (χ3n) is 3.67. The fourth-order valence-corrected chi connectivity index (χ4v) is 2.35. The van der Waals surface area contributed by atoms with Gasteiger partial charge < -0.3 is 10.2 Å². The van der Waals surface area contributed by atoms with E-state index in [9.17, 15) is 0 Å². The molecule has 1 unspecified atom stereocenters. The topological polar surface area (TPSA) is 15.3 Å².